The largest absolute Gasteiger partial charge is 0.356 e. The van der Waals surface area contributed by atoms with Gasteiger partial charge in [0.25, 0.3) is 0 Å². The Bertz CT molecular complexity index is 2450. The van der Waals surface area contributed by atoms with E-state index in [1.807, 2.05) is 0 Å². The van der Waals surface area contributed by atoms with Crippen LogP contribution in [-0.2, 0) is 5.41 Å². The molecule has 0 amide bonds. The average Bonchev–Trinajstić information content (AvgIpc) is 3.62. The van der Waals surface area contributed by atoms with E-state index in [0.29, 0.717) is 0 Å². The van der Waals surface area contributed by atoms with Gasteiger partial charge in [-0.2, -0.15) is 0 Å². The van der Waals surface area contributed by atoms with Crippen LogP contribution >= 0.6 is 0 Å². The van der Waals surface area contributed by atoms with E-state index in [1.165, 1.54) is 77.5 Å². The fourth-order valence-corrected chi connectivity index (χ4v) is 8.40. The molecule has 0 bridgehead atoms. The van der Waals surface area contributed by atoms with E-state index in [4.69, 9.17) is 0 Å². The van der Waals surface area contributed by atoms with Gasteiger partial charge in [-0.15, -0.1) is 0 Å². The summed E-state index contributed by atoms with van der Waals surface area (Å²) >= 11 is 0. The van der Waals surface area contributed by atoms with Gasteiger partial charge < -0.3 is 5.32 Å². The molecule has 1 N–H and O–H groups in total. The summed E-state index contributed by atoms with van der Waals surface area (Å²) in [6.07, 6.45) is 0. The van der Waals surface area contributed by atoms with Crippen LogP contribution in [0, 0.1) is 0 Å². The van der Waals surface area contributed by atoms with Crippen molar-refractivity contribution >= 4 is 22.1 Å². The van der Waals surface area contributed by atoms with Crippen molar-refractivity contribution in [1.82, 2.24) is 0 Å². The normalized spacial score (nSPS) is 13.2. The van der Waals surface area contributed by atoms with Crippen molar-refractivity contribution in [1.29, 1.82) is 0 Å². The second kappa shape index (κ2) is 10.4. The number of rotatable bonds is 4. The molecule has 1 spiro atoms. The third kappa shape index (κ3) is 3.85. The molecule has 0 aromatic heterocycles. The summed E-state index contributed by atoms with van der Waals surface area (Å²) < 4.78 is 0. The van der Waals surface area contributed by atoms with Gasteiger partial charge in [-0.3, -0.25) is 0 Å². The van der Waals surface area contributed by atoms with Crippen LogP contribution in [0.15, 0.2) is 182 Å². The van der Waals surface area contributed by atoms with Gasteiger partial charge in [0.15, 0.2) is 0 Å². The number of nitrogens with one attached hydrogen (secondary N) is 1. The van der Waals surface area contributed by atoms with Crippen molar-refractivity contribution in [3.8, 4) is 44.5 Å². The zero-order valence-electron chi connectivity index (χ0n) is 26.3. The van der Waals surface area contributed by atoms with Crippen molar-refractivity contribution in [3.63, 3.8) is 0 Å². The lowest BCUT2D eigenvalue weighted by Gasteiger charge is -2.30. The average molecular weight is 610 g/mol. The third-order valence-electron chi connectivity index (χ3n) is 10.5. The molecule has 1 heteroatoms. The quantitative estimate of drug-likeness (QED) is 0.209. The van der Waals surface area contributed by atoms with Crippen LogP contribution in [0.3, 0.4) is 0 Å². The molecule has 0 fully saturated rings. The molecule has 0 radical (unpaired) electrons. The van der Waals surface area contributed by atoms with E-state index in [2.05, 4.69) is 187 Å². The highest BCUT2D eigenvalue weighted by molar-refractivity contribution is 5.97. The maximum Gasteiger partial charge on any atom is 0.0726 e. The van der Waals surface area contributed by atoms with Gasteiger partial charge in [0.05, 0.1) is 5.41 Å². The highest BCUT2D eigenvalue weighted by Gasteiger charge is 2.51. The van der Waals surface area contributed by atoms with Crippen LogP contribution in [0.2, 0.25) is 0 Å². The van der Waals surface area contributed by atoms with Crippen LogP contribution in [0.4, 0.5) is 11.4 Å². The molecule has 2 aliphatic carbocycles. The monoisotopic (exact) mass is 609 g/mol. The first kappa shape index (κ1) is 27.0. The molecular weight excluding hydrogens is 579 g/mol. The number of hydrogen-bond acceptors (Lipinski definition) is 1. The minimum absolute atomic E-state index is 0.334. The van der Waals surface area contributed by atoms with Crippen molar-refractivity contribution < 1.29 is 0 Å². The Labute approximate surface area is 280 Å². The van der Waals surface area contributed by atoms with Gasteiger partial charge in [0.1, 0.15) is 0 Å². The summed E-state index contributed by atoms with van der Waals surface area (Å²) in [4.78, 5) is 0. The predicted molar refractivity (Wildman–Crippen MR) is 201 cm³/mol. The fraction of sp³-hybridized carbons (Fsp3) is 0.0213. The number of hydrogen-bond donors (Lipinski definition) is 1. The topological polar surface area (TPSA) is 12.0 Å². The SMILES string of the molecule is c1ccc2c(c1)-c1ccccc1C21c2ccccc2-c2ccc(Nc3ccc(-c4ccc(-c5cccc6ccccc56)cc4)cc3)cc21. The van der Waals surface area contributed by atoms with Crippen LogP contribution in [0.5, 0.6) is 0 Å². The Hall–Kier alpha value is -6.18. The minimum atomic E-state index is -0.334. The molecule has 1 nitrogen and oxygen atoms in total. The first-order valence-electron chi connectivity index (χ1n) is 16.7. The van der Waals surface area contributed by atoms with Crippen LogP contribution in [0.1, 0.15) is 22.3 Å². The molecule has 2 aliphatic rings. The van der Waals surface area contributed by atoms with Crippen LogP contribution in [-0.4, -0.2) is 0 Å². The summed E-state index contributed by atoms with van der Waals surface area (Å²) in [5.41, 5.74) is 17.5. The van der Waals surface area contributed by atoms with Crippen LogP contribution < -0.4 is 5.32 Å². The molecule has 0 atom stereocenters. The first-order chi connectivity index (χ1) is 23.8. The lowest BCUT2D eigenvalue weighted by molar-refractivity contribution is 0.794. The smallest absolute Gasteiger partial charge is 0.0726 e. The zero-order chi connectivity index (χ0) is 31.7. The Kier molecular flexibility index (Phi) is 5.86. The molecule has 0 saturated heterocycles. The Balaban J connectivity index is 0.991. The van der Waals surface area contributed by atoms with E-state index in [9.17, 15) is 0 Å². The molecule has 0 unspecified atom stereocenters. The van der Waals surface area contributed by atoms with Crippen molar-refractivity contribution in [2.75, 3.05) is 5.32 Å². The van der Waals surface area contributed by atoms with Crippen LogP contribution in [0.25, 0.3) is 55.3 Å². The number of fused-ring (bicyclic) bond motifs is 11. The van der Waals surface area contributed by atoms with E-state index in [-0.39, 0.29) is 5.41 Å². The predicted octanol–water partition coefficient (Wildman–Crippen LogP) is 12.3. The van der Waals surface area contributed by atoms with Gasteiger partial charge in [-0.05, 0) is 102 Å². The van der Waals surface area contributed by atoms with E-state index >= 15 is 0 Å². The third-order valence-corrected chi connectivity index (χ3v) is 10.5. The Morgan fingerprint density at radius 3 is 1.42 bits per heavy atom. The highest BCUT2D eigenvalue weighted by atomic mass is 14.9. The van der Waals surface area contributed by atoms with Gasteiger partial charge in [0, 0.05) is 11.4 Å². The summed E-state index contributed by atoms with van der Waals surface area (Å²) in [6, 6.07) is 66.7. The lowest BCUT2D eigenvalue weighted by Crippen LogP contribution is -2.25. The Morgan fingerprint density at radius 1 is 0.312 bits per heavy atom. The van der Waals surface area contributed by atoms with E-state index in [0.717, 1.165) is 11.4 Å². The number of anilines is 2. The fourth-order valence-electron chi connectivity index (χ4n) is 8.40. The first-order valence-corrected chi connectivity index (χ1v) is 16.7. The highest BCUT2D eigenvalue weighted by Crippen LogP contribution is 2.62. The molecule has 0 heterocycles. The molecule has 0 aliphatic heterocycles. The molecule has 8 aromatic carbocycles. The van der Waals surface area contributed by atoms with Crippen molar-refractivity contribution in [2.45, 2.75) is 5.41 Å². The van der Waals surface area contributed by atoms with Gasteiger partial charge >= 0.3 is 0 Å². The van der Waals surface area contributed by atoms with E-state index in [1.54, 1.807) is 0 Å². The summed E-state index contributed by atoms with van der Waals surface area (Å²) in [6.45, 7) is 0. The van der Waals surface area contributed by atoms with Gasteiger partial charge in [0.2, 0.25) is 0 Å². The Morgan fingerprint density at radius 2 is 0.771 bits per heavy atom. The zero-order valence-corrected chi connectivity index (χ0v) is 26.3. The molecular formula is C47H31N. The maximum atomic E-state index is 3.74. The van der Waals surface area contributed by atoms with E-state index < -0.39 is 0 Å². The maximum absolute atomic E-state index is 3.74. The molecule has 48 heavy (non-hydrogen) atoms. The summed E-state index contributed by atoms with van der Waals surface area (Å²) in [5.74, 6) is 0. The van der Waals surface area contributed by atoms with Gasteiger partial charge in [-0.25, -0.2) is 0 Å². The number of benzene rings is 8. The summed E-state index contributed by atoms with van der Waals surface area (Å²) in [7, 11) is 0. The second-order valence-corrected chi connectivity index (χ2v) is 13.0. The molecule has 0 saturated carbocycles. The van der Waals surface area contributed by atoms with Crippen molar-refractivity contribution in [2.24, 2.45) is 0 Å². The van der Waals surface area contributed by atoms with Crippen molar-refractivity contribution in [3.05, 3.63) is 204 Å². The second-order valence-electron chi connectivity index (χ2n) is 13.0. The molecule has 8 aromatic rings. The lowest BCUT2D eigenvalue weighted by atomic mass is 9.70. The molecule has 10 rings (SSSR count). The minimum Gasteiger partial charge on any atom is -0.356 e. The van der Waals surface area contributed by atoms with Gasteiger partial charge in [-0.1, -0.05) is 158 Å². The standard InChI is InChI=1S/C47H31N/c1-2-12-37-33(10-1)11-9-16-38(37)34-22-20-31(21-23-34)32-24-26-35(27-25-32)48-36-28-29-42-41-15-5-8-19-45(41)47(46(42)30-36)43-17-6-3-13-39(43)40-14-4-7-18-44(40)47/h1-30,48H. The summed E-state index contributed by atoms with van der Waals surface area (Å²) in [5, 5.41) is 6.29. The molecule has 224 valence electrons.